The van der Waals surface area contributed by atoms with Crippen LogP contribution in [-0.4, -0.2) is 62.7 Å². The molecule has 5 rings (SSSR count). The molecule has 2 aliphatic rings. The van der Waals surface area contributed by atoms with Crippen molar-refractivity contribution in [2.45, 2.75) is 52.6 Å². The zero-order valence-corrected chi connectivity index (χ0v) is 18.6. The highest BCUT2D eigenvalue weighted by Crippen LogP contribution is 2.33. The number of piperazine rings is 1. The van der Waals surface area contributed by atoms with Gasteiger partial charge in [0, 0.05) is 43.2 Å². The Morgan fingerprint density at radius 2 is 2.03 bits per heavy atom. The van der Waals surface area contributed by atoms with E-state index in [9.17, 15) is 9.59 Å². The summed E-state index contributed by atoms with van der Waals surface area (Å²) in [6.45, 7) is 10.7. The van der Waals surface area contributed by atoms with E-state index in [1.807, 2.05) is 28.6 Å². The molecule has 0 spiro atoms. The monoisotopic (exact) mass is 421 g/mol. The van der Waals surface area contributed by atoms with E-state index in [1.54, 1.807) is 6.20 Å². The van der Waals surface area contributed by atoms with E-state index in [1.165, 1.54) is 12.8 Å². The molecular formula is C24H31N5O2. The van der Waals surface area contributed by atoms with Gasteiger partial charge in [0.15, 0.2) is 0 Å². The predicted octanol–water partition coefficient (Wildman–Crippen LogP) is 3.15. The van der Waals surface area contributed by atoms with Crippen LogP contribution in [0.15, 0.2) is 23.1 Å². The Labute approximate surface area is 182 Å². The quantitative estimate of drug-likeness (QED) is 0.687. The largest absolute Gasteiger partial charge is 0.336 e. The zero-order chi connectivity index (χ0) is 21.7. The SMILES string of the molecule is CCCN1CCN(C(=O)c2cc3c(cc2C)[nH]c(=O)c2cnn(CC4CC4)c23)C[C@@H]1C. The first-order valence-corrected chi connectivity index (χ1v) is 11.5. The van der Waals surface area contributed by atoms with E-state index >= 15 is 0 Å². The highest BCUT2D eigenvalue weighted by atomic mass is 16.2. The number of benzene rings is 1. The molecule has 1 aromatic carbocycles. The molecule has 2 fully saturated rings. The first-order chi connectivity index (χ1) is 15.0. The lowest BCUT2D eigenvalue weighted by Crippen LogP contribution is -2.53. The Hall–Kier alpha value is -2.67. The van der Waals surface area contributed by atoms with Crippen LogP contribution in [0.25, 0.3) is 21.8 Å². The van der Waals surface area contributed by atoms with Gasteiger partial charge >= 0.3 is 0 Å². The lowest BCUT2D eigenvalue weighted by Gasteiger charge is -2.40. The summed E-state index contributed by atoms with van der Waals surface area (Å²) in [5, 5.41) is 6.00. The van der Waals surface area contributed by atoms with Gasteiger partial charge in [0.05, 0.1) is 22.6 Å². The smallest absolute Gasteiger partial charge is 0.259 e. The standard InChI is InChI=1S/C24H31N5O2/c1-4-7-27-8-9-28(13-16(27)3)24(31)18-11-19-21(10-15(18)2)26-23(30)20-12-25-29(22(19)20)14-17-5-6-17/h10-12,16-17H,4-9,13-14H2,1-3H3,(H,26,30)/t16-/m0/s1. The average Bonchev–Trinajstić information content (AvgIpc) is 3.46. The minimum Gasteiger partial charge on any atom is -0.336 e. The Bertz CT molecular complexity index is 1210. The van der Waals surface area contributed by atoms with Crippen LogP contribution in [0, 0.1) is 12.8 Å². The van der Waals surface area contributed by atoms with Crippen LogP contribution < -0.4 is 5.56 Å². The van der Waals surface area contributed by atoms with Crippen LogP contribution in [-0.2, 0) is 6.54 Å². The summed E-state index contributed by atoms with van der Waals surface area (Å²) in [4.78, 5) is 33.5. The second kappa shape index (κ2) is 7.79. The van der Waals surface area contributed by atoms with Crippen molar-refractivity contribution in [3.8, 4) is 0 Å². The van der Waals surface area contributed by atoms with Crippen LogP contribution in [0.3, 0.4) is 0 Å². The lowest BCUT2D eigenvalue weighted by molar-refractivity contribution is 0.0515. The molecule has 1 saturated carbocycles. The second-order valence-corrected chi connectivity index (χ2v) is 9.34. The number of hydrogen-bond acceptors (Lipinski definition) is 4. The molecule has 0 unspecified atom stereocenters. The van der Waals surface area contributed by atoms with Gasteiger partial charge in [-0.05, 0) is 63.3 Å². The van der Waals surface area contributed by atoms with E-state index in [2.05, 4.69) is 28.8 Å². The number of aromatic amines is 1. The van der Waals surface area contributed by atoms with E-state index < -0.39 is 0 Å². The Morgan fingerprint density at radius 1 is 1.23 bits per heavy atom. The van der Waals surface area contributed by atoms with Gasteiger partial charge in [-0.3, -0.25) is 19.2 Å². The highest BCUT2D eigenvalue weighted by Gasteiger charge is 2.28. The molecule has 7 nitrogen and oxygen atoms in total. The van der Waals surface area contributed by atoms with Gasteiger partial charge in [0.2, 0.25) is 0 Å². The van der Waals surface area contributed by atoms with Crippen LogP contribution in [0.1, 0.15) is 49.0 Å². The van der Waals surface area contributed by atoms with Gasteiger partial charge in [-0.1, -0.05) is 6.92 Å². The fourth-order valence-corrected chi connectivity index (χ4v) is 4.92. The molecule has 164 valence electrons. The van der Waals surface area contributed by atoms with Crippen molar-refractivity contribution in [3.63, 3.8) is 0 Å². The summed E-state index contributed by atoms with van der Waals surface area (Å²) in [5.74, 6) is 0.722. The van der Waals surface area contributed by atoms with Gasteiger partial charge in [-0.15, -0.1) is 0 Å². The molecule has 0 radical (unpaired) electrons. The number of nitrogens with zero attached hydrogens (tertiary/aromatic N) is 4. The van der Waals surface area contributed by atoms with Crippen molar-refractivity contribution in [2.24, 2.45) is 5.92 Å². The molecule has 1 saturated heterocycles. The summed E-state index contributed by atoms with van der Waals surface area (Å²) in [7, 11) is 0. The maximum atomic E-state index is 13.5. The fourth-order valence-electron chi connectivity index (χ4n) is 4.92. The third kappa shape index (κ3) is 3.65. The number of amides is 1. The predicted molar refractivity (Wildman–Crippen MR) is 123 cm³/mol. The normalized spacial score (nSPS) is 20.1. The third-order valence-corrected chi connectivity index (χ3v) is 6.87. The Balaban J connectivity index is 1.55. The van der Waals surface area contributed by atoms with Gasteiger partial charge in [0.25, 0.3) is 11.5 Å². The number of fused-ring (bicyclic) bond motifs is 3. The molecule has 31 heavy (non-hydrogen) atoms. The number of aryl methyl sites for hydroxylation is 1. The van der Waals surface area contributed by atoms with Crippen molar-refractivity contribution >= 4 is 27.7 Å². The summed E-state index contributed by atoms with van der Waals surface area (Å²) in [5.41, 5.74) is 3.11. The number of pyridine rings is 1. The van der Waals surface area contributed by atoms with E-state index in [0.717, 1.165) is 66.7 Å². The maximum Gasteiger partial charge on any atom is 0.259 e. The number of carbonyl (C=O) groups is 1. The summed E-state index contributed by atoms with van der Waals surface area (Å²) >= 11 is 0. The summed E-state index contributed by atoms with van der Waals surface area (Å²) in [6, 6.07) is 4.27. The van der Waals surface area contributed by atoms with Crippen molar-refractivity contribution in [3.05, 3.63) is 39.8 Å². The average molecular weight is 422 g/mol. The minimum atomic E-state index is -0.121. The molecule has 0 bridgehead atoms. The van der Waals surface area contributed by atoms with Gasteiger partial charge in [-0.2, -0.15) is 5.10 Å². The molecule has 1 aliphatic carbocycles. The summed E-state index contributed by atoms with van der Waals surface area (Å²) in [6.07, 6.45) is 5.22. The van der Waals surface area contributed by atoms with Crippen LogP contribution in [0.4, 0.5) is 0 Å². The summed E-state index contributed by atoms with van der Waals surface area (Å²) < 4.78 is 1.96. The first-order valence-electron chi connectivity index (χ1n) is 11.5. The van der Waals surface area contributed by atoms with Crippen molar-refractivity contribution in [1.82, 2.24) is 24.6 Å². The molecule has 2 aromatic heterocycles. The first kappa shape index (κ1) is 20.2. The molecule has 1 atom stereocenters. The molecule has 1 N–H and O–H groups in total. The van der Waals surface area contributed by atoms with E-state index in [0.29, 0.717) is 17.3 Å². The maximum absolute atomic E-state index is 13.5. The van der Waals surface area contributed by atoms with Gasteiger partial charge in [-0.25, -0.2) is 0 Å². The van der Waals surface area contributed by atoms with Gasteiger partial charge < -0.3 is 9.88 Å². The van der Waals surface area contributed by atoms with Crippen molar-refractivity contribution in [1.29, 1.82) is 0 Å². The number of carbonyl (C=O) groups excluding carboxylic acids is 1. The molecule has 7 heteroatoms. The molecule has 1 aliphatic heterocycles. The third-order valence-electron chi connectivity index (χ3n) is 6.87. The molecular weight excluding hydrogens is 390 g/mol. The van der Waals surface area contributed by atoms with E-state index in [4.69, 9.17) is 0 Å². The Kier molecular flexibility index (Phi) is 5.08. The van der Waals surface area contributed by atoms with Crippen LogP contribution in [0.5, 0.6) is 0 Å². The number of H-pyrrole nitrogens is 1. The number of nitrogens with one attached hydrogen (secondary N) is 1. The topological polar surface area (TPSA) is 74.2 Å². The van der Waals surface area contributed by atoms with Crippen molar-refractivity contribution in [2.75, 3.05) is 26.2 Å². The number of aromatic nitrogens is 3. The number of hydrogen-bond donors (Lipinski definition) is 1. The van der Waals surface area contributed by atoms with E-state index in [-0.39, 0.29) is 11.5 Å². The highest BCUT2D eigenvalue weighted by molar-refractivity contribution is 6.07. The minimum absolute atomic E-state index is 0.0787. The van der Waals surface area contributed by atoms with Crippen LogP contribution in [0.2, 0.25) is 0 Å². The van der Waals surface area contributed by atoms with Gasteiger partial charge in [0.1, 0.15) is 0 Å². The lowest BCUT2D eigenvalue weighted by atomic mass is 10.0. The van der Waals surface area contributed by atoms with Crippen molar-refractivity contribution < 1.29 is 4.79 Å². The molecule has 1 amide bonds. The second-order valence-electron chi connectivity index (χ2n) is 9.34. The number of rotatable bonds is 5. The Morgan fingerprint density at radius 3 is 2.74 bits per heavy atom. The van der Waals surface area contributed by atoms with Crippen LogP contribution >= 0.6 is 0 Å². The zero-order valence-electron chi connectivity index (χ0n) is 18.6. The molecule has 3 aromatic rings. The fraction of sp³-hybridized carbons (Fsp3) is 0.542. The molecule has 3 heterocycles.